The molecule has 0 atom stereocenters. The molecule has 3 rings (SSSR count). The number of ether oxygens (including phenoxy) is 1. The Hall–Kier alpha value is -2.58. The van der Waals surface area contributed by atoms with E-state index in [9.17, 15) is 18.4 Å². The van der Waals surface area contributed by atoms with Crippen LogP contribution in [0.3, 0.4) is 0 Å². The lowest BCUT2D eigenvalue weighted by Gasteiger charge is -2.14. The third kappa shape index (κ3) is 3.31. The average Bonchev–Trinajstić information content (AvgIpc) is 3.18. The fourth-order valence-electron chi connectivity index (χ4n) is 2.45. The van der Waals surface area contributed by atoms with Gasteiger partial charge < -0.3 is 10.1 Å². The molecule has 0 radical (unpaired) electrons. The number of halogens is 2. The number of hydrogen-bond acceptors (Lipinski definition) is 5. The number of nitrogens with one attached hydrogen (secondary N) is 1. The van der Waals surface area contributed by atoms with Crippen LogP contribution >= 0.6 is 11.3 Å². The number of rotatable bonds is 6. The number of carbonyl (C=O) groups is 2. The normalized spacial score (nSPS) is 14.6. The molecule has 2 amide bonds. The van der Waals surface area contributed by atoms with Gasteiger partial charge in [-0.1, -0.05) is 6.07 Å². The molecule has 2 heterocycles. The summed E-state index contributed by atoms with van der Waals surface area (Å²) in [5.41, 5.74) is 0.424. The van der Waals surface area contributed by atoms with Gasteiger partial charge in [-0.2, -0.15) is 0 Å². The third-order valence-corrected chi connectivity index (χ3v) is 4.53. The first-order chi connectivity index (χ1) is 12.0. The van der Waals surface area contributed by atoms with Gasteiger partial charge in [-0.15, -0.1) is 11.3 Å². The molecule has 2 aromatic rings. The highest BCUT2D eigenvalue weighted by Gasteiger charge is 2.39. The minimum absolute atomic E-state index is 0.0366. The maximum absolute atomic E-state index is 13.4. The van der Waals surface area contributed by atoms with Crippen molar-refractivity contribution in [3.05, 3.63) is 57.9 Å². The molecule has 0 saturated carbocycles. The molecule has 1 aromatic carbocycles. The summed E-state index contributed by atoms with van der Waals surface area (Å²) in [5, 5.41) is 4.55. The monoisotopic (exact) mass is 364 g/mol. The molecule has 1 N–H and O–H groups in total. The number of nitrogens with zero attached hydrogens (tertiary/aromatic N) is 1. The quantitative estimate of drug-likeness (QED) is 0.801. The lowest BCUT2D eigenvalue weighted by atomic mass is 10.2. The molecule has 0 unspecified atom stereocenters. The molecule has 130 valence electrons. The van der Waals surface area contributed by atoms with Crippen LogP contribution in [0.2, 0.25) is 0 Å². The van der Waals surface area contributed by atoms with Crippen molar-refractivity contribution in [2.24, 2.45) is 0 Å². The van der Waals surface area contributed by atoms with Crippen LogP contribution in [-0.2, 0) is 14.3 Å². The average molecular weight is 364 g/mol. The van der Waals surface area contributed by atoms with E-state index in [2.05, 4.69) is 5.32 Å². The maximum Gasteiger partial charge on any atom is 0.278 e. The predicted octanol–water partition coefficient (Wildman–Crippen LogP) is 2.86. The van der Waals surface area contributed by atoms with Gasteiger partial charge in [0, 0.05) is 23.7 Å². The van der Waals surface area contributed by atoms with Gasteiger partial charge in [-0.25, -0.2) is 8.78 Å². The highest BCUT2D eigenvalue weighted by atomic mass is 32.1. The van der Waals surface area contributed by atoms with Crippen molar-refractivity contribution in [3.8, 4) is 0 Å². The van der Waals surface area contributed by atoms with E-state index in [0.29, 0.717) is 4.88 Å². The van der Waals surface area contributed by atoms with Crippen molar-refractivity contribution in [1.82, 2.24) is 4.90 Å². The Labute approximate surface area is 146 Å². The molecule has 0 aliphatic carbocycles. The highest BCUT2D eigenvalue weighted by Crippen LogP contribution is 2.32. The molecular formula is C17H14F2N2O3S. The molecule has 1 aliphatic heterocycles. The van der Waals surface area contributed by atoms with Crippen LogP contribution < -0.4 is 5.32 Å². The van der Waals surface area contributed by atoms with E-state index in [-0.39, 0.29) is 30.1 Å². The Kier molecular flexibility index (Phi) is 4.91. The van der Waals surface area contributed by atoms with Gasteiger partial charge in [-0.05, 0) is 23.6 Å². The molecule has 0 fully saturated rings. The van der Waals surface area contributed by atoms with E-state index in [4.69, 9.17) is 4.74 Å². The molecule has 0 bridgehead atoms. The van der Waals surface area contributed by atoms with E-state index < -0.39 is 23.4 Å². The van der Waals surface area contributed by atoms with E-state index in [1.807, 2.05) is 0 Å². The summed E-state index contributed by atoms with van der Waals surface area (Å²) >= 11 is 1.31. The van der Waals surface area contributed by atoms with Crippen LogP contribution in [0.1, 0.15) is 4.88 Å². The smallest absolute Gasteiger partial charge is 0.278 e. The largest absolute Gasteiger partial charge is 0.383 e. The molecule has 1 aliphatic rings. The Morgan fingerprint density at radius 2 is 1.96 bits per heavy atom. The fraction of sp³-hybridized carbons (Fsp3) is 0.176. The third-order valence-electron chi connectivity index (χ3n) is 3.64. The topological polar surface area (TPSA) is 58.6 Å². The fourth-order valence-corrected chi connectivity index (χ4v) is 3.21. The number of methoxy groups -OCH3 is 1. The van der Waals surface area contributed by atoms with Crippen LogP contribution in [0.15, 0.2) is 41.4 Å². The molecule has 25 heavy (non-hydrogen) atoms. The van der Waals surface area contributed by atoms with E-state index in [1.54, 1.807) is 17.5 Å². The zero-order valence-corrected chi connectivity index (χ0v) is 14.0. The Balaban J connectivity index is 1.99. The zero-order valence-electron chi connectivity index (χ0n) is 13.2. The number of benzene rings is 1. The first-order valence-corrected chi connectivity index (χ1v) is 8.26. The van der Waals surface area contributed by atoms with Crippen molar-refractivity contribution in [2.45, 2.75) is 0 Å². The first-order valence-electron chi connectivity index (χ1n) is 7.38. The number of carbonyl (C=O) groups excluding carboxylic acids is 2. The van der Waals surface area contributed by atoms with Gasteiger partial charge in [0.1, 0.15) is 5.70 Å². The van der Waals surface area contributed by atoms with Crippen LogP contribution in [0.4, 0.5) is 14.5 Å². The molecule has 5 nitrogen and oxygen atoms in total. The minimum Gasteiger partial charge on any atom is -0.383 e. The SMILES string of the molecule is COCCN1C(=O)C(Nc2ccc(F)c(F)c2)=C(c2cccs2)C1=O. The van der Waals surface area contributed by atoms with Gasteiger partial charge in [0.2, 0.25) is 0 Å². The summed E-state index contributed by atoms with van der Waals surface area (Å²) in [6, 6.07) is 6.67. The van der Waals surface area contributed by atoms with Crippen molar-refractivity contribution in [1.29, 1.82) is 0 Å². The molecular weight excluding hydrogens is 350 g/mol. The molecule has 1 aromatic heterocycles. The number of anilines is 1. The van der Waals surface area contributed by atoms with Crippen molar-refractivity contribution >= 4 is 34.4 Å². The lowest BCUT2D eigenvalue weighted by molar-refractivity contribution is -0.137. The summed E-state index contributed by atoms with van der Waals surface area (Å²) in [7, 11) is 1.47. The summed E-state index contributed by atoms with van der Waals surface area (Å²) in [4.78, 5) is 27.0. The molecule has 0 saturated heterocycles. The summed E-state index contributed by atoms with van der Waals surface area (Å²) in [5.74, 6) is -3.02. The summed E-state index contributed by atoms with van der Waals surface area (Å²) in [6.07, 6.45) is 0. The number of amides is 2. The molecule has 0 spiro atoms. The predicted molar refractivity (Wildman–Crippen MR) is 89.8 cm³/mol. The number of imide groups is 1. The van der Waals surface area contributed by atoms with Crippen LogP contribution in [-0.4, -0.2) is 37.0 Å². The van der Waals surface area contributed by atoms with Crippen LogP contribution in [0, 0.1) is 11.6 Å². The number of thiophene rings is 1. The maximum atomic E-state index is 13.4. The van der Waals surface area contributed by atoms with Gasteiger partial charge in [-0.3, -0.25) is 14.5 Å². The van der Waals surface area contributed by atoms with Crippen LogP contribution in [0.5, 0.6) is 0 Å². The summed E-state index contributed by atoms with van der Waals surface area (Å²) < 4.78 is 31.5. The van der Waals surface area contributed by atoms with Gasteiger partial charge >= 0.3 is 0 Å². The van der Waals surface area contributed by atoms with Crippen molar-refractivity contribution in [2.75, 3.05) is 25.6 Å². The van der Waals surface area contributed by atoms with Crippen LogP contribution in [0.25, 0.3) is 5.57 Å². The van der Waals surface area contributed by atoms with E-state index in [1.165, 1.54) is 24.5 Å². The first kappa shape index (κ1) is 17.2. The Bertz CT molecular complexity index is 850. The number of hydrogen-bond donors (Lipinski definition) is 1. The van der Waals surface area contributed by atoms with Gasteiger partial charge in [0.15, 0.2) is 11.6 Å². The highest BCUT2D eigenvalue weighted by molar-refractivity contribution is 7.11. The van der Waals surface area contributed by atoms with E-state index >= 15 is 0 Å². The van der Waals surface area contributed by atoms with Crippen molar-refractivity contribution in [3.63, 3.8) is 0 Å². The molecule has 8 heteroatoms. The Morgan fingerprint density at radius 3 is 2.60 bits per heavy atom. The van der Waals surface area contributed by atoms with Gasteiger partial charge in [0.25, 0.3) is 11.8 Å². The Morgan fingerprint density at radius 1 is 1.16 bits per heavy atom. The zero-order chi connectivity index (χ0) is 18.0. The standard InChI is InChI=1S/C17H14F2N2O3S/c1-24-7-6-21-16(22)14(13-3-2-8-25-13)15(17(21)23)20-10-4-5-11(18)12(19)9-10/h2-5,8-9,20H,6-7H2,1H3. The lowest BCUT2D eigenvalue weighted by Crippen LogP contribution is -2.35. The minimum atomic E-state index is -1.05. The second-order valence-corrected chi connectivity index (χ2v) is 6.18. The second kappa shape index (κ2) is 7.12. The second-order valence-electron chi connectivity index (χ2n) is 5.24. The van der Waals surface area contributed by atoms with E-state index in [0.717, 1.165) is 17.0 Å². The van der Waals surface area contributed by atoms with Gasteiger partial charge in [0.05, 0.1) is 18.7 Å². The summed E-state index contributed by atoms with van der Waals surface area (Å²) in [6.45, 7) is 0.305. The van der Waals surface area contributed by atoms with Crippen molar-refractivity contribution < 1.29 is 23.1 Å².